The number of aromatic nitrogens is 3. The van der Waals surface area contributed by atoms with Crippen molar-refractivity contribution >= 4 is 11.6 Å². The minimum atomic E-state index is -0.360. The molecular weight excluding hydrogens is 430 g/mol. The van der Waals surface area contributed by atoms with Gasteiger partial charge in [-0.15, -0.1) is 10.2 Å². The van der Waals surface area contributed by atoms with E-state index in [1.165, 1.54) is 6.42 Å². The molecule has 0 unspecified atom stereocenters. The number of carbonyl (C=O) groups excluding carboxylic acids is 1. The smallest absolute Gasteiger partial charge is 0.291 e. The number of nitriles is 1. The maximum Gasteiger partial charge on any atom is 0.291 e. The molecule has 1 N–H and O–H groups in total. The summed E-state index contributed by atoms with van der Waals surface area (Å²) in [6.45, 7) is 1.02. The Labute approximate surface area is 196 Å². The third-order valence-electron chi connectivity index (χ3n) is 5.75. The van der Waals surface area contributed by atoms with Gasteiger partial charge in [-0.05, 0) is 49.2 Å². The highest BCUT2D eigenvalue weighted by atomic mass is 16.5. The van der Waals surface area contributed by atoms with E-state index in [0.29, 0.717) is 22.8 Å². The van der Waals surface area contributed by atoms with Crippen LogP contribution in [0.5, 0.6) is 5.75 Å². The molecule has 2 aromatic heterocycles. The van der Waals surface area contributed by atoms with E-state index in [4.69, 9.17) is 14.4 Å². The summed E-state index contributed by atoms with van der Waals surface area (Å²) in [6.07, 6.45) is 4.38. The molecule has 3 heterocycles. The lowest BCUT2D eigenvalue weighted by Crippen LogP contribution is -2.11. The number of para-hydroxylation sites is 1. The molecule has 0 saturated carbocycles. The van der Waals surface area contributed by atoms with Crippen molar-refractivity contribution in [3.63, 3.8) is 0 Å². The first-order chi connectivity index (χ1) is 16.7. The maximum atomic E-state index is 12.8. The fourth-order valence-corrected chi connectivity index (χ4v) is 4.04. The average molecular weight is 454 g/mol. The van der Waals surface area contributed by atoms with E-state index in [2.05, 4.69) is 26.2 Å². The molecule has 170 valence electrons. The molecular formula is C26H23N5O3. The van der Waals surface area contributed by atoms with E-state index in [0.717, 1.165) is 43.0 Å². The summed E-state index contributed by atoms with van der Waals surface area (Å²) in [5.41, 5.74) is 1.99. The van der Waals surface area contributed by atoms with Gasteiger partial charge in [0.15, 0.2) is 11.6 Å². The van der Waals surface area contributed by atoms with Crippen LogP contribution in [0.3, 0.4) is 0 Å². The Balaban J connectivity index is 1.26. The Hall–Kier alpha value is -4.38. The summed E-state index contributed by atoms with van der Waals surface area (Å²) in [5.74, 6) is 2.61. The zero-order valence-corrected chi connectivity index (χ0v) is 18.5. The molecule has 1 aliphatic heterocycles. The van der Waals surface area contributed by atoms with Crippen LogP contribution >= 0.6 is 0 Å². The summed E-state index contributed by atoms with van der Waals surface area (Å²) >= 11 is 0. The number of aryl methyl sites for hydroxylation is 1. The van der Waals surface area contributed by atoms with Gasteiger partial charge in [0, 0.05) is 24.2 Å². The average Bonchev–Trinajstić information content (AvgIpc) is 3.44. The summed E-state index contributed by atoms with van der Waals surface area (Å²) in [6, 6.07) is 19.9. The van der Waals surface area contributed by atoms with Gasteiger partial charge in [0.2, 0.25) is 0 Å². The van der Waals surface area contributed by atoms with E-state index in [1.54, 1.807) is 36.4 Å². The normalized spacial score (nSPS) is 12.9. The third kappa shape index (κ3) is 4.55. The number of rotatable bonds is 6. The lowest BCUT2D eigenvalue weighted by Gasteiger charge is -2.09. The van der Waals surface area contributed by atoms with Crippen LogP contribution in [0.25, 0.3) is 11.4 Å². The lowest BCUT2D eigenvalue weighted by molar-refractivity contribution is 0.0992. The van der Waals surface area contributed by atoms with Gasteiger partial charge in [0.25, 0.3) is 5.91 Å². The fourth-order valence-electron chi connectivity index (χ4n) is 4.04. The standard InChI is InChI=1S/C26H23N5O3/c27-16-19-7-3-4-10-22(19)33-17-21-12-13-23(34-21)26(32)28-20-9-6-8-18(15-20)25-30-29-24-11-2-1-5-14-31(24)25/h3-4,6-10,12-13,15H,1-2,5,11,14,17H2,(H,28,32). The molecule has 5 rings (SSSR count). The Morgan fingerprint density at radius 3 is 2.91 bits per heavy atom. The molecule has 0 spiro atoms. The number of furan rings is 1. The number of nitrogens with zero attached hydrogens (tertiary/aromatic N) is 4. The first-order valence-corrected chi connectivity index (χ1v) is 11.3. The third-order valence-corrected chi connectivity index (χ3v) is 5.75. The number of anilines is 1. The van der Waals surface area contributed by atoms with Gasteiger partial charge in [-0.1, -0.05) is 30.7 Å². The van der Waals surface area contributed by atoms with E-state index in [-0.39, 0.29) is 18.3 Å². The summed E-state index contributed by atoms with van der Waals surface area (Å²) in [7, 11) is 0. The van der Waals surface area contributed by atoms with Gasteiger partial charge in [0.05, 0.1) is 5.56 Å². The Morgan fingerprint density at radius 2 is 2.00 bits per heavy atom. The number of amides is 1. The molecule has 34 heavy (non-hydrogen) atoms. The van der Waals surface area contributed by atoms with Crippen molar-refractivity contribution < 1.29 is 13.9 Å². The van der Waals surface area contributed by atoms with Gasteiger partial charge in [-0.2, -0.15) is 5.26 Å². The molecule has 1 aliphatic rings. The second kappa shape index (κ2) is 9.63. The minimum absolute atomic E-state index is 0.111. The van der Waals surface area contributed by atoms with Crippen LogP contribution in [0.1, 0.15) is 47.0 Å². The van der Waals surface area contributed by atoms with Crippen molar-refractivity contribution in [2.45, 2.75) is 38.8 Å². The summed E-state index contributed by atoms with van der Waals surface area (Å²) in [4.78, 5) is 12.8. The lowest BCUT2D eigenvalue weighted by atomic mass is 10.2. The van der Waals surface area contributed by atoms with Crippen LogP contribution in [0.15, 0.2) is 65.1 Å². The fraction of sp³-hybridized carbons (Fsp3) is 0.231. The van der Waals surface area contributed by atoms with E-state index in [9.17, 15) is 4.79 Å². The van der Waals surface area contributed by atoms with Crippen molar-refractivity contribution in [1.82, 2.24) is 14.8 Å². The van der Waals surface area contributed by atoms with E-state index in [1.807, 2.05) is 24.3 Å². The van der Waals surface area contributed by atoms with Crippen molar-refractivity contribution in [2.24, 2.45) is 0 Å². The van der Waals surface area contributed by atoms with Gasteiger partial charge in [-0.3, -0.25) is 4.79 Å². The minimum Gasteiger partial charge on any atom is -0.484 e. The number of carbonyl (C=O) groups is 1. The Morgan fingerprint density at radius 1 is 1.09 bits per heavy atom. The quantitative estimate of drug-likeness (QED) is 0.442. The molecule has 0 atom stereocenters. The first kappa shape index (κ1) is 21.5. The van der Waals surface area contributed by atoms with Crippen molar-refractivity contribution in [2.75, 3.05) is 5.32 Å². The molecule has 0 saturated heterocycles. The number of hydrogen-bond donors (Lipinski definition) is 1. The highest BCUT2D eigenvalue weighted by Crippen LogP contribution is 2.25. The molecule has 2 aromatic carbocycles. The second-order valence-electron chi connectivity index (χ2n) is 8.10. The highest BCUT2D eigenvalue weighted by Gasteiger charge is 2.17. The zero-order valence-electron chi connectivity index (χ0n) is 18.5. The largest absolute Gasteiger partial charge is 0.484 e. The molecule has 0 radical (unpaired) electrons. The summed E-state index contributed by atoms with van der Waals surface area (Å²) < 4.78 is 13.5. The number of fused-ring (bicyclic) bond motifs is 1. The number of ether oxygens (including phenoxy) is 1. The molecule has 0 bridgehead atoms. The van der Waals surface area contributed by atoms with Gasteiger partial charge in [-0.25, -0.2) is 0 Å². The van der Waals surface area contributed by atoms with Crippen LogP contribution in [-0.2, 0) is 19.6 Å². The second-order valence-corrected chi connectivity index (χ2v) is 8.10. The van der Waals surface area contributed by atoms with E-state index >= 15 is 0 Å². The van der Waals surface area contributed by atoms with Crippen LogP contribution in [0.2, 0.25) is 0 Å². The van der Waals surface area contributed by atoms with Gasteiger partial charge >= 0.3 is 0 Å². The number of hydrogen-bond acceptors (Lipinski definition) is 6. The van der Waals surface area contributed by atoms with Crippen LogP contribution in [0.4, 0.5) is 5.69 Å². The van der Waals surface area contributed by atoms with Crippen molar-refractivity contribution in [3.8, 4) is 23.2 Å². The molecule has 8 nitrogen and oxygen atoms in total. The topological polar surface area (TPSA) is 106 Å². The Bertz CT molecular complexity index is 1360. The Kier molecular flexibility index (Phi) is 6.08. The van der Waals surface area contributed by atoms with Crippen LogP contribution < -0.4 is 10.1 Å². The van der Waals surface area contributed by atoms with Crippen molar-refractivity contribution in [3.05, 3.63) is 83.6 Å². The van der Waals surface area contributed by atoms with E-state index < -0.39 is 0 Å². The molecule has 1 amide bonds. The predicted octanol–water partition coefficient (Wildman–Crippen LogP) is 4.97. The molecule has 0 aliphatic carbocycles. The van der Waals surface area contributed by atoms with Crippen molar-refractivity contribution in [1.29, 1.82) is 5.26 Å². The zero-order chi connectivity index (χ0) is 23.3. The van der Waals surface area contributed by atoms with Gasteiger partial charge < -0.3 is 19.0 Å². The maximum absolute atomic E-state index is 12.8. The highest BCUT2D eigenvalue weighted by molar-refractivity contribution is 6.02. The monoisotopic (exact) mass is 453 g/mol. The summed E-state index contributed by atoms with van der Waals surface area (Å²) in [5, 5.41) is 20.8. The SMILES string of the molecule is N#Cc1ccccc1OCc1ccc(C(=O)Nc2cccc(-c3nnc4n3CCCCC4)c2)o1. The van der Waals surface area contributed by atoms with Gasteiger partial charge in [0.1, 0.15) is 30.0 Å². The predicted molar refractivity (Wildman–Crippen MR) is 125 cm³/mol. The number of benzene rings is 2. The van der Waals surface area contributed by atoms with Crippen LogP contribution in [0, 0.1) is 11.3 Å². The first-order valence-electron chi connectivity index (χ1n) is 11.3. The molecule has 4 aromatic rings. The molecule has 0 fully saturated rings. The molecule has 8 heteroatoms. The van der Waals surface area contributed by atoms with Crippen LogP contribution in [-0.4, -0.2) is 20.7 Å². The number of nitrogens with one attached hydrogen (secondary N) is 1.